The monoisotopic (exact) mass is 297 g/mol. The second kappa shape index (κ2) is 6.43. The maximum atomic E-state index is 11.8. The zero-order chi connectivity index (χ0) is 14.7. The van der Waals surface area contributed by atoms with E-state index in [0.29, 0.717) is 11.6 Å². The largest absolute Gasteiger partial charge is 0.383 e. The number of carbonyl (C=O) groups excluding carboxylic acids is 1. The average molecular weight is 298 g/mol. The van der Waals surface area contributed by atoms with E-state index in [4.69, 9.17) is 16.3 Å². The minimum Gasteiger partial charge on any atom is -0.383 e. The van der Waals surface area contributed by atoms with Crippen LogP contribution in [0.1, 0.15) is 18.5 Å². The number of methoxy groups -OCH3 is 1. The molecule has 110 valence electrons. The van der Waals surface area contributed by atoms with Gasteiger partial charge in [-0.25, -0.2) is 0 Å². The predicted octanol–water partition coefficient (Wildman–Crippen LogP) is 2.03. The van der Waals surface area contributed by atoms with E-state index in [0.717, 1.165) is 30.0 Å². The lowest BCUT2D eigenvalue weighted by Gasteiger charge is -2.24. The zero-order valence-corrected chi connectivity index (χ0v) is 12.8. The number of amides is 1. The number of hydrogen-bond donors (Lipinski definition) is 2. The third-order valence-electron chi connectivity index (χ3n) is 3.53. The highest BCUT2D eigenvalue weighted by molar-refractivity contribution is 6.33. The van der Waals surface area contributed by atoms with Gasteiger partial charge in [0.25, 0.3) is 0 Å². The molecule has 1 aliphatic heterocycles. The predicted molar refractivity (Wildman–Crippen MR) is 81.6 cm³/mol. The summed E-state index contributed by atoms with van der Waals surface area (Å²) in [5, 5.41) is 6.52. The number of nitrogens with one attached hydrogen (secondary N) is 2. The maximum absolute atomic E-state index is 11.8. The summed E-state index contributed by atoms with van der Waals surface area (Å²) in [5.74, 6) is -0.0457. The molecule has 0 saturated carbocycles. The number of benzene rings is 1. The smallest absolute Gasteiger partial charge is 0.246 e. The Bertz CT molecular complexity index is 507. The Balaban J connectivity index is 2.33. The van der Waals surface area contributed by atoms with Crippen LogP contribution in [0.2, 0.25) is 5.02 Å². The van der Waals surface area contributed by atoms with Gasteiger partial charge in [-0.15, -0.1) is 0 Å². The molecule has 1 aromatic rings. The molecule has 0 radical (unpaired) electrons. The van der Waals surface area contributed by atoms with Crippen molar-refractivity contribution in [1.82, 2.24) is 5.32 Å². The van der Waals surface area contributed by atoms with Crippen molar-refractivity contribution in [3.63, 3.8) is 0 Å². The SMILES string of the molecule is CCN(CCOC)c1cc2c(cc1Cl)C(NC)C(=O)N2. The summed E-state index contributed by atoms with van der Waals surface area (Å²) in [5.41, 5.74) is 2.64. The summed E-state index contributed by atoms with van der Waals surface area (Å²) in [6.07, 6.45) is 0. The summed E-state index contributed by atoms with van der Waals surface area (Å²) < 4.78 is 5.12. The number of rotatable bonds is 6. The molecule has 5 nitrogen and oxygen atoms in total. The van der Waals surface area contributed by atoms with Gasteiger partial charge in [-0.05, 0) is 26.1 Å². The summed E-state index contributed by atoms with van der Waals surface area (Å²) in [7, 11) is 3.44. The molecule has 1 amide bonds. The number of likely N-dealkylation sites (N-methyl/N-ethyl adjacent to an activating group) is 2. The molecule has 2 N–H and O–H groups in total. The molecular weight excluding hydrogens is 278 g/mol. The van der Waals surface area contributed by atoms with Crippen LogP contribution in [-0.2, 0) is 9.53 Å². The highest BCUT2D eigenvalue weighted by Gasteiger charge is 2.30. The highest BCUT2D eigenvalue weighted by Crippen LogP contribution is 2.38. The fourth-order valence-corrected chi connectivity index (χ4v) is 2.74. The summed E-state index contributed by atoms with van der Waals surface area (Å²) in [4.78, 5) is 14.0. The Morgan fingerprint density at radius 3 is 2.85 bits per heavy atom. The van der Waals surface area contributed by atoms with E-state index < -0.39 is 0 Å². The highest BCUT2D eigenvalue weighted by atomic mass is 35.5. The first kappa shape index (κ1) is 15.1. The van der Waals surface area contributed by atoms with Crippen LogP contribution in [0.4, 0.5) is 11.4 Å². The van der Waals surface area contributed by atoms with E-state index in [9.17, 15) is 4.79 Å². The van der Waals surface area contributed by atoms with Crippen molar-refractivity contribution in [2.75, 3.05) is 44.1 Å². The molecular formula is C14H20ClN3O2. The topological polar surface area (TPSA) is 53.6 Å². The van der Waals surface area contributed by atoms with Crippen molar-refractivity contribution in [2.45, 2.75) is 13.0 Å². The van der Waals surface area contributed by atoms with Crippen molar-refractivity contribution in [3.05, 3.63) is 22.7 Å². The van der Waals surface area contributed by atoms with Gasteiger partial charge in [0.1, 0.15) is 6.04 Å². The first-order valence-electron chi connectivity index (χ1n) is 6.67. The number of anilines is 2. The third-order valence-corrected chi connectivity index (χ3v) is 3.83. The molecule has 1 aromatic carbocycles. The molecule has 0 fully saturated rings. The second-order valence-corrected chi connectivity index (χ2v) is 5.08. The average Bonchev–Trinajstić information content (AvgIpc) is 2.74. The van der Waals surface area contributed by atoms with Crippen LogP contribution in [0.15, 0.2) is 12.1 Å². The normalized spacial score (nSPS) is 17.0. The van der Waals surface area contributed by atoms with Gasteiger partial charge in [-0.1, -0.05) is 11.6 Å². The molecule has 1 unspecified atom stereocenters. The van der Waals surface area contributed by atoms with Crippen LogP contribution in [-0.4, -0.2) is 39.8 Å². The minimum atomic E-state index is -0.328. The molecule has 2 rings (SSSR count). The van der Waals surface area contributed by atoms with Crippen LogP contribution in [0.5, 0.6) is 0 Å². The van der Waals surface area contributed by atoms with E-state index in [1.165, 1.54) is 0 Å². The molecule has 20 heavy (non-hydrogen) atoms. The molecule has 0 aliphatic carbocycles. The van der Waals surface area contributed by atoms with Crippen molar-refractivity contribution < 1.29 is 9.53 Å². The molecule has 6 heteroatoms. The van der Waals surface area contributed by atoms with Gasteiger partial charge in [0.15, 0.2) is 0 Å². The molecule has 0 spiro atoms. The fourth-order valence-electron chi connectivity index (χ4n) is 2.45. The molecule has 0 saturated heterocycles. The number of fused-ring (bicyclic) bond motifs is 1. The van der Waals surface area contributed by atoms with E-state index in [-0.39, 0.29) is 11.9 Å². The van der Waals surface area contributed by atoms with E-state index in [1.54, 1.807) is 14.2 Å². The molecule has 0 bridgehead atoms. The van der Waals surface area contributed by atoms with Gasteiger partial charge in [0.2, 0.25) is 5.91 Å². The molecule has 0 aromatic heterocycles. The molecule has 1 atom stereocenters. The van der Waals surface area contributed by atoms with Crippen LogP contribution < -0.4 is 15.5 Å². The third kappa shape index (κ3) is 2.75. The van der Waals surface area contributed by atoms with Gasteiger partial charge >= 0.3 is 0 Å². The number of nitrogens with zero attached hydrogens (tertiary/aromatic N) is 1. The van der Waals surface area contributed by atoms with Crippen LogP contribution in [0.3, 0.4) is 0 Å². The van der Waals surface area contributed by atoms with Crippen molar-refractivity contribution in [2.24, 2.45) is 0 Å². The summed E-state index contributed by atoms with van der Waals surface area (Å²) in [6.45, 7) is 4.28. The van der Waals surface area contributed by atoms with Crippen LogP contribution in [0.25, 0.3) is 0 Å². The number of halogens is 1. The van der Waals surface area contributed by atoms with Crippen LogP contribution >= 0.6 is 11.6 Å². The van der Waals surface area contributed by atoms with Crippen molar-refractivity contribution in [3.8, 4) is 0 Å². The Morgan fingerprint density at radius 1 is 1.50 bits per heavy atom. The molecule has 1 aliphatic rings. The summed E-state index contributed by atoms with van der Waals surface area (Å²) >= 11 is 6.38. The van der Waals surface area contributed by atoms with Crippen molar-refractivity contribution in [1.29, 1.82) is 0 Å². The summed E-state index contributed by atoms with van der Waals surface area (Å²) in [6, 6.07) is 3.47. The van der Waals surface area contributed by atoms with Gasteiger partial charge in [0.05, 0.1) is 17.3 Å². The maximum Gasteiger partial charge on any atom is 0.246 e. The minimum absolute atomic E-state index is 0.0457. The number of hydrogen-bond acceptors (Lipinski definition) is 4. The number of ether oxygens (including phenoxy) is 1. The van der Waals surface area contributed by atoms with Gasteiger partial charge in [-0.2, -0.15) is 0 Å². The van der Waals surface area contributed by atoms with Gasteiger partial charge in [0, 0.05) is 31.5 Å². The van der Waals surface area contributed by atoms with E-state index in [1.807, 2.05) is 12.1 Å². The lowest BCUT2D eigenvalue weighted by Crippen LogP contribution is -2.27. The Labute approximate surface area is 124 Å². The number of carbonyl (C=O) groups is 1. The first-order valence-corrected chi connectivity index (χ1v) is 7.05. The van der Waals surface area contributed by atoms with Gasteiger partial charge < -0.3 is 20.3 Å². The zero-order valence-electron chi connectivity index (χ0n) is 12.0. The fraction of sp³-hybridized carbons (Fsp3) is 0.500. The Kier molecular flexibility index (Phi) is 4.86. The van der Waals surface area contributed by atoms with Crippen molar-refractivity contribution >= 4 is 28.9 Å². The van der Waals surface area contributed by atoms with E-state index >= 15 is 0 Å². The standard InChI is InChI=1S/C14H20ClN3O2/c1-4-18(5-6-20-3)12-8-11-9(7-10(12)15)13(16-2)14(19)17-11/h7-8,13,16H,4-6H2,1-3H3,(H,17,19). The van der Waals surface area contributed by atoms with Crippen LogP contribution in [0, 0.1) is 0 Å². The Morgan fingerprint density at radius 2 is 2.25 bits per heavy atom. The van der Waals surface area contributed by atoms with E-state index in [2.05, 4.69) is 22.5 Å². The Hall–Kier alpha value is -1.30. The lowest BCUT2D eigenvalue weighted by molar-refractivity contribution is -0.117. The molecule has 1 heterocycles. The first-order chi connectivity index (χ1) is 9.62. The lowest BCUT2D eigenvalue weighted by atomic mass is 10.1. The second-order valence-electron chi connectivity index (χ2n) is 4.67. The van der Waals surface area contributed by atoms with Gasteiger partial charge in [-0.3, -0.25) is 4.79 Å². The quantitative estimate of drug-likeness (QED) is 0.843.